The van der Waals surface area contributed by atoms with Gasteiger partial charge in [0.15, 0.2) is 11.6 Å². The molecule has 11 rings (SSSR count). The highest BCUT2D eigenvalue weighted by atomic mass is 15.2. The second-order valence-corrected chi connectivity index (χ2v) is 15.5. The molecule has 0 atom stereocenters. The van der Waals surface area contributed by atoms with Crippen LogP contribution >= 0.6 is 0 Å². The molecule has 5 nitrogen and oxygen atoms in total. The summed E-state index contributed by atoms with van der Waals surface area (Å²) in [4.78, 5) is 15.8. The molecule has 0 saturated heterocycles. The minimum Gasteiger partial charge on any atom is -0.309 e. The van der Waals surface area contributed by atoms with Crippen LogP contribution in [0, 0.1) is 0 Å². The van der Waals surface area contributed by atoms with Gasteiger partial charge in [-0.2, -0.15) is 9.97 Å². The molecule has 11 aromatic rings. The Hall–Kier alpha value is -7.63. The Kier molecular flexibility index (Phi) is 8.85. The van der Waals surface area contributed by atoms with Crippen LogP contribution in [-0.4, -0.2) is 24.1 Å². The Morgan fingerprint density at radius 3 is 1.65 bits per heavy atom. The number of hydrogen-bond acceptors (Lipinski definition) is 3. The lowest BCUT2D eigenvalue weighted by atomic mass is 10.0. The van der Waals surface area contributed by atoms with Gasteiger partial charge in [-0.3, -0.25) is 4.57 Å². The van der Waals surface area contributed by atoms with E-state index < -0.39 is 0 Å². The van der Waals surface area contributed by atoms with E-state index in [0.717, 1.165) is 67.0 Å². The summed E-state index contributed by atoms with van der Waals surface area (Å²) < 4.78 is 4.66. The van der Waals surface area contributed by atoms with Crippen molar-refractivity contribution in [2.75, 3.05) is 0 Å². The van der Waals surface area contributed by atoms with Crippen LogP contribution in [0.25, 0.3) is 100 Å². The maximum absolute atomic E-state index is 5.35. The number of nitrogens with zero attached hydrogens (tertiary/aromatic N) is 5. The van der Waals surface area contributed by atoms with Crippen LogP contribution in [0.5, 0.6) is 0 Å². The van der Waals surface area contributed by atoms with Crippen LogP contribution in [0.4, 0.5) is 0 Å². The molecule has 0 N–H and O–H groups in total. The van der Waals surface area contributed by atoms with E-state index in [1.165, 1.54) is 40.5 Å². The minimum absolute atomic E-state index is 0.576. The topological polar surface area (TPSA) is 48.5 Å². The van der Waals surface area contributed by atoms with E-state index >= 15 is 0 Å². The standard InChI is InChI=1S/C55H41N5/c1-2-3-15-37-26-28-39(29-27-37)40-30-32-42(33-31-40)54-56-53(41-18-8-5-9-19-41)57-55(58-54)60-48-24-12-10-22-45(48)46-34-35-50-51(52(46)60)47-23-11-13-25-49(47)59(50)44-21-14-20-43(36-44)38-16-6-4-7-17-38/h4-14,16-36H,2-3,15H2,1H3. The Balaban J connectivity index is 1.13. The molecule has 0 aliphatic carbocycles. The molecular formula is C55H41N5. The van der Waals surface area contributed by atoms with E-state index in [1.54, 1.807) is 0 Å². The summed E-state index contributed by atoms with van der Waals surface area (Å²) in [6, 6.07) is 69.1. The van der Waals surface area contributed by atoms with E-state index in [2.05, 4.69) is 192 Å². The fourth-order valence-electron chi connectivity index (χ4n) is 8.82. The highest BCUT2D eigenvalue weighted by molar-refractivity contribution is 6.26. The summed E-state index contributed by atoms with van der Waals surface area (Å²) in [6.45, 7) is 2.24. The predicted octanol–water partition coefficient (Wildman–Crippen LogP) is 14.1. The van der Waals surface area contributed by atoms with E-state index in [9.17, 15) is 0 Å². The molecule has 0 radical (unpaired) electrons. The van der Waals surface area contributed by atoms with Gasteiger partial charge in [0, 0.05) is 38.4 Å². The third-order valence-corrected chi connectivity index (χ3v) is 11.8. The summed E-state index contributed by atoms with van der Waals surface area (Å²) in [5.74, 6) is 1.83. The van der Waals surface area contributed by atoms with Gasteiger partial charge in [-0.05, 0) is 71.0 Å². The highest BCUT2D eigenvalue weighted by Gasteiger charge is 2.23. The van der Waals surface area contributed by atoms with Crippen molar-refractivity contribution < 1.29 is 0 Å². The largest absolute Gasteiger partial charge is 0.309 e. The number of para-hydroxylation sites is 2. The van der Waals surface area contributed by atoms with Crippen LogP contribution in [0.1, 0.15) is 25.3 Å². The second-order valence-electron chi connectivity index (χ2n) is 15.5. The van der Waals surface area contributed by atoms with Gasteiger partial charge in [-0.1, -0.05) is 177 Å². The Morgan fingerprint density at radius 1 is 0.400 bits per heavy atom. The third-order valence-electron chi connectivity index (χ3n) is 11.8. The highest BCUT2D eigenvalue weighted by Crippen LogP contribution is 2.42. The summed E-state index contributed by atoms with van der Waals surface area (Å²) in [5.41, 5.74) is 13.4. The van der Waals surface area contributed by atoms with Crippen molar-refractivity contribution in [2.45, 2.75) is 26.2 Å². The Morgan fingerprint density at radius 2 is 0.950 bits per heavy atom. The minimum atomic E-state index is 0.576. The number of unbranched alkanes of at least 4 members (excludes halogenated alkanes) is 1. The van der Waals surface area contributed by atoms with E-state index in [1.807, 2.05) is 18.2 Å². The lowest BCUT2D eigenvalue weighted by Crippen LogP contribution is -2.06. The average Bonchev–Trinajstić information content (AvgIpc) is 3.85. The lowest BCUT2D eigenvalue weighted by Gasteiger charge is -2.12. The average molecular weight is 772 g/mol. The molecule has 0 aliphatic rings. The lowest BCUT2D eigenvalue weighted by molar-refractivity contribution is 0.795. The quantitative estimate of drug-likeness (QED) is 0.147. The first-order valence-electron chi connectivity index (χ1n) is 20.8. The molecular weight excluding hydrogens is 731 g/mol. The van der Waals surface area contributed by atoms with Gasteiger partial charge < -0.3 is 4.57 Å². The van der Waals surface area contributed by atoms with Gasteiger partial charge in [-0.15, -0.1) is 0 Å². The van der Waals surface area contributed by atoms with Crippen molar-refractivity contribution >= 4 is 43.6 Å². The maximum atomic E-state index is 5.35. The molecule has 8 aromatic carbocycles. The molecule has 0 saturated carbocycles. The van der Waals surface area contributed by atoms with Gasteiger partial charge in [-0.25, -0.2) is 4.98 Å². The van der Waals surface area contributed by atoms with Crippen molar-refractivity contribution in [3.63, 3.8) is 0 Å². The number of fused-ring (bicyclic) bond motifs is 7. The number of rotatable bonds is 9. The summed E-state index contributed by atoms with van der Waals surface area (Å²) in [7, 11) is 0. The van der Waals surface area contributed by atoms with Crippen molar-refractivity contribution in [3.8, 4) is 56.7 Å². The summed E-state index contributed by atoms with van der Waals surface area (Å²) in [5, 5.41) is 4.61. The molecule has 5 heteroatoms. The zero-order valence-electron chi connectivity index (χ0n) is 33.3. The van der Waals surface area contributed by atoms with Gasteiger partial charge in [0.05, 0.1) is 22.1 Å². The van der Waals surface area contributed by atoms with Crippen molar-refractivity contribution in [1.82, 2.24) is 24.1 Å². The normalized spacial score (nSPS) is 11.6. The Bertz CT molecular complexity index is 3330. The maximum Gasteiger partial charge on any atom is 0.238 e. The molecule has 3 heterocycles. The van der Waals surface area contributed by atoms with Gasteiger partial charge >= 0.3 is 0 Å². The van der Waals surface area contributed by atoms with Gasteiger partial charge in [0.2, 0.25) is 5.95 Å². The van der Waals surface area contributed by atoms with Crippen LogP contribution in [0.3, 0.4) is 0 Å². The van der Waals surface area contributed by atoms with Crippen molar-refractivity contribution in [2.24, 2.45) is 0 Å². The van der Waals surface area contributed by atoms with Crippen LogP contribution in [0.15, 0.2) is 194 Å². The molecule has 0 aliphatic heterocycles. The van der Waals surface area contributed by atoms with Gasteiger partial charge in [0.1, 0.15) is 0 Å². The smallest absolute Gasteiger partial charge is 0.238 e. The molecule has 3 aromatic heterocycles. The first-order chi connectivity index (χ1) is 29.7. The molecule has 0 bridgehead atoms. The van der Waals surface area contributed by atoms with E-state index in [-0.39, 0.29) is 0 Å². The zero-order chi connectivity index (χ0) is 40.0. The summed E-state index contributed by atoms with van der Waals surface area (Å²) in [6.07, 6.45) is 3.52. The second kappa shape index (κ2) is 14.9. The molecule has 0 spiro atoms. The SMILES string of the molecule is CCCCc1ccc(-c2ccc(-c3nc(-c4ccccc4)nc(-n4c5ccccc5c5ccc6c(c7ccccc7n6-c6cccc(-c7ccccc7)c6)c54)n3)cc2)cc1. The van der Waals surface area contributed by atoms with Crippen molar-refractivity contribution in [3.05, 3.63) is 200 Å². The van der Waals surface area contributed by atoms with Crippen LogP contribution in [0.2, 0.25) is 0 Å². The Labute approximate surface area is 348 Å². The predicted molar refractivity (Wildman–Crippen MR) is 249 cm³/mol. The van der Waals surface area contributed by atoms with Crippen LogP contribution in [-0.2, 0) is 6.42 Å². The molecule has 60 heavy (non-hydrogen) atoms. The molecule has 0 fully saturated rings. The van der Waals surface area contributed by atoms with Crippen molar-refractivity contribution in [1.29, 1.82) is 0 Å². The van der Waals surface area contributed by atoms with Crippen LogP contribution < -0.4 is 0 Å². The fourth-order valence-corrected chi connectivity index (χ4v) is 8.82. The number of benzene rings is 8. The molecule has 0 amide bonds. The zero-order valence-corrected chi connectivity index (χ0v) is 33.3. The number of hydrogen-bond donors (Lipinski definition) is 0. The number of aromatic nitrogens is 5. The van der Waals surface area contributed by atoms with E-state index in [0.29, 0.717) is 17.6 Å². The van der Waals surface area contributed by atoms with Gasteiger partial charge in [0.25, 0.3) is 0 Å². The molecule has 0 unspecified atom stereocenters. The van der Waals surface area contributed by atoms with E-state index in [4.69, 9.17) is 15.0 Å². The number of aryl methyl sites for hydroxylation is 1. The third kappa shape index (κ3) is 6.14. The monoisotopic (exact) mass is 771 g/mol. The summed E-state index contributed by atoms with van der Waals surface area (Å²) >= 11 is 0. The first-order valence-corrected chi connectivity index (χ1v) is 20.8. The molecule has 286 valence electrons. The fraction of sp³-hybridized carbons (Fsp3) is 0.0727. The first kappa shape index (κ1) is 35.5.